The van der Waals surface area contributed by atoms with E-state index in [1.807, 2.05) is 0 Å². The van der Waals surface area contributed by atoms with Crippen molar-refractivity contribution in [2.75, 3.05) is 4.90 Å². The lowest BCUT2D eigenvalue weighted by molar-refractivity contribution is -0.114. The molecule has 0 saturated heterocycles. The molecule has 0 aliphatic carbocycles. The Kier molecular flexibility index (Phi) is 3.69. The van der Waals surface area contributed by atoms with Crippen molar-refractivity contribution in [3.05, 3.63) is 59.2 Å². The second kappa shape index (κ2) is 5.46. The van der Waals surface area contributed by atoms with Crippen molar-refractivity contribution in [2.45, 2.75) is 11.4 Å². The van der Waals surface area contributed by atoms with E-state index in [2.05, 4.69) is 0 Å². The Hall–Kier alpha value is -2.65. The smallest absolute Gasteiger partial charge is 0.299 e. The molecule has 0 spiro atoms. The average molecular weight is 353 g/mol. The lowest BCUT2D eigenvalue weighted by Gasteiger charge is -2.16. The summed E-state index contributed by atoms with van der Waals surface area (Å²) in [4.78, 5) is 24.5. The highest BCUT2D eigenvalue weighted by molar-refractivity contribution is 7.85. The van der Waals surface area contributed by atoms with Gasteiger partial charge in [0.25, 0.3) is 21.8 Å². The Balaban J connectivity index is 2.03. The fourth-order valence-corrected chi connectivity index (χ4v) is 2.99. The fourth-order valence-electron chi connectivity index (χ4n) is 2.48. The first kappa shape index (κ1) is 16.2. The fraction of sp³-hybridized carbons (Fsp3) is 0.0667. The number of fused-ring (bicyclic) bond motifs is 1. The van der Waals surface area contributed by atoms with Crippen LogP contribution in [0.1, 0.15) is 15.9 Å². The van der Waals surface area contributed by atoms with E-state index >= 15 is 0 Å². The van der Waals surface area contributed by atoms with Crippen molar-refractivity contribution < 1.29 is 31.3 Å². The van der Waals surface area contributed by atoms with Gasteiger partial charge in [0.15, 0.2) is 0 Å². The molecule has 1 aliphatic rings. The molecule has 24 heavy (non-hydrogen) atoms. The summed E-state index contributed by atoms with van der Waals surface area (Å²) >= 11 is 0. The van der Waals surface area contributed by atoms with Crippen molar-refractivity contribution in [1.29, 1.82) is 0 Å². The van der Waals surface area contributed by atoms with E-state index in [4.69, 9.17) is 4.55 Å². The number of carbonyl (C=O) groups excluding carboxylic acids is 2. The van der Waals surface area contributed by atoms with E-state index in [1.54, 1.807) is 0 Å². The predicted octanol–water partition coefficient (Wildman–Crippen LogP) is 1.94. The summed E-state index contributed by atoms with van der Waals surface area (Å²) in [5.41, 5.74) is 0.0226. The molecule has 3 rings (SSSR count). The summed E-state index contributed by atoms with van der Waals surface area (Å²) < 4.78 is 57.8. The van der Waals surface area contributed by atoms with Crippen molar-refractivity contribution in [2.24, 2.45) is 0 Å². The first-order valence-electron chi connectivity index (χ1n) is 6.59. The predicted molar refractivity (Wildman–Crippen MR) is 78.1 cm³/mol. The van der Waals surface area contributed by atoms with Crippen LogP contribution in [0.3, 0.4) is 0 Å². The minimum atomic E-state index is -4.53. The van der Waals surface area contributed by atoms with Gasteiger partial charge in [-0.05, 0) is 35.9 Å². The number of anilines is 1. The molecule has 124 valence electrons. The zero-order valence-electron chi connectivity index (χ0n) is 11.9. The van der Waals surface area contributed by atoms with Crippen LogP contribution in [0.2, 0.25) is 0 Å². The number of amides is 1. The zero-order chi connectivity index (χ0) is 17.6. The topological polar surface area (TPSA) is 91.8 Å². The number of halogens is 2. The van der Waals surface area contributed by atoms with Crippen molar-refractivity contribution in [3.63, 3.8) is 0 Å². The standard InChI is InChI=1S/C15H9F2NO5S/c16-9-3-8(4-10(17)5-9)7-18-13-2-1-11(24(21,22)23)6-12(13)14(19)15(18)20/h1-6H,7H2,(H,21,22,23). The van der Waals surface area contributed by atoms with Crippen LogP contribution in [-0.4, -0.2) is 24.7 Å². The SMILES string of the molecule is O=C1C(=O)N(Cc2cc(F)cc(F)c2)c2ccc(S(=O)(=O)O)cc21. The molecular weight excluding hydrogens is 344 g/mol. The van der Waals surface area contributed by atoms with Crippen LogP contribution in [0, 0.1) is 11.6 Å². The molecule has 0 fully saturated rings. The summed E-state index contributed by atoms with van der Waals surface area (Å²) in [6.45, 7) is -0.266. The van der Waals surface area contributed by atoms with Crippen LogP contribution in [0.4, 0.5) is 14.5 Å². The Morgan fingerprint density at radius 2 is 1.62 bits per heavy atom. The van der Waals surface area contributed by atoms with Crippen LogP contribution in [0.15, 0.2) is 41.3 Å². The average Bonchev–Trinajstić information content (AvgIpc) is 2.70. The highest BCUT2D eigenvalue weighted by atomic mass is 32.2. The van der Waals surface area contributed by atoms with Gasteiger partial charge in [-0.25, -0.2) is 8.78 Å². The number of hydrogen-bond acceptors (Lipinski definition) is 4. The Morgan fingerprint density at radius 1 is 1.00 bits per heavy atom. The zero-order valence-corrected chi connectivity index (χ0v) is 12.7. The first-order valence-corrected chi connectivity index (χ1v) is 8.03. The first-order chi connectivity index (χ1) is 11.2. The molecule has 6 nitrogen and oxygen atoms in total. The third-order valence-corrected chi connectivity index (χ3v) is 4.35. The molecular formula is C15H9F2NO5S. The number of Topliss-reactive ketones (excluding diaryl/α,β-unsaturated/α-hetero) is 1. The number of rotatable bonds is 3. The molecule has 1 aliphatic heterocycles. The number of benzene rings is 2. The van der Waals surface area contributed by atoms with E-state index in [0.717, 1.165) is 29.2 Å². The highest BCUT2D eigenvalue weighted by Crippen LogP contribution is 2.32. The van der Waals surface area contributed by atoms with Gasteiger partial charge in [-0.3, -0.25) is 14.1 Å². The van der Waals surface area contributed by atoms with E-state index in [1.165, 1.54) is 6.07 Å². The largest absolute Gasteiger partial charge is 0.300 e. The van der Waals surface area contributed by atoms with Gasteiger partial charge in [0.05, 0.1) is 22.7 Å². The molecule has 1 heterocycles. The summed E-state index contributed by atoms with van der Waals surface area (Å²) in [5, 5.41) is 0. The Labute approximate surface area is 135 Å². The van der Waals surface area contributed by atoms with Gasteiger partial charge in [0.2, 0.25) is 0 Å². The quantitative estimate of drug-likeness (QED) is 0.673. The van der Waals surface area contributed by atoms with E-state index in [0.29, 0.717) is 6.07 Å². The van der Waals surface area contributed by atoms with Gasteiger partial charge in [0.1, 0.15) is 11.6 Å². The molecule has 1 amide bonds. The molecule has 9 heteroatoms. The molecule has 0 bridgehead atoms. The molecule has 2 aromatic carbocycles. The van der Waals surface area contributed by atoms with E-state index in [-0.39, 0.29) is 23.4 Å². The van der Waals surface area contributed by atoms with E-state index < -0.39 is 38.3 Å². The second-order valence-electron chi connectivity index (χ2n) is 5.15. The maximum Gasteiger partial charge on any atom is 0.299 e. The van der Waals surface area contributed by atoms with Gasteiger partial charge in [-0.1, -0.05) is 0 Å². The molecule has 0 radical (unpaired) electrons. The lowest BCUT2D eigenvalue weighted by Crippen LogP contribution is -2.29. The summed E-state index contributed by atoms with van der Waals surface area (Å²) in [7, 11) is -4.53. The Morgan fingerprint density at radius 3 is 2.21 bits per heavy atom. The van der Waals surface area contributed by atoms with E-state index in [9.17, 15) is 26.8 Å². The minimum Gasteiger partial charge on any atom is -0.300 e. The van der Waals surface area contributed by atoms with Crippen molar-refractivity contribution in [1.82, 2.24) is 0 Å². The molecule has 0 atom stereocenters. The maximum atomic E-state index is 13.3. The minimum absolute atomic E-state index is 0.0991. The monoisotopic (exact) mass is 353 g/mol. The third kappa shape index (κ3) is 2.79. The number of ketones is 1. The van der Waals surface area contributed by atoms with Crippen LogP contribution in [0.25, 0.3) is 0 Å². The molecule has 2 aromatic rings. The van der Waals surface area contributed by atoms with Gasteiger partial charge in [0, 0.05) is 6.07 Å². The summed E-state index contributed by atoms with van der Waals surface area (Å²) in [5.74, 6) is -3.58. The summed E-state index contributed by atoms with van der Waals surface area (Å²) in [6.07, 6.45) is 0. The van der Waals surface area contributed by atoms with Crippen molar-refractivity contribution in [3.8, 4) is 0 Å². The van der Waals surface area contributed by atoms with Crippen LogP contribution in [-0.2, 0) is 21.5 Å². The van der Waals surface area contributed by atoms with Crippen LogP contribution >= 0.6 is 0 Å². The highest BCUT2D eigenvalue weighted by Gasteiger charge is 2.36. The third-order valence-electron chi connectivity index (χ3n) is 3.50. The van der Waals surface area contributed by atoms with Gasteiger partial charge >= 0.3 is 0 Å². The van der Waals surface area contributed by atoms with Gasteiger partial charge < -0.3 is 4.90 Å². The van der Waals surface area contributed by atoms with Gasteiger partial charge in [-0.2, -0.15) is 8.42 Å². The molecule has 0 saturated carbocycles. The normalized spacial score (nSPS) is 14.2. The number of nitrogens with zero attached hydrogens (tertiary/aromatic N) is 1. The second-order valence-corrected chi connectivity index (χ2v) is 6.57. The molecule has 1 N–H and O–H groups in total. The summed E-state index contributed by atoms with van der Waals surface area (Å²) in [6, 6.07) is 5.80. The van der Waals surface area contributed by atoms with Crippen LogP contribution in [0.5, 0.6) is 0 Å². The molecule has 0 aromatic heterocycles. The Bertz CT molecular complexity index is 967. The molecule has 0 unspecified atom stereocenters. The van der Waals surface area contributed by atoms with Crippen LogP contribution < -0.4 is 4.90 Å². The lowest BCUT2D eigenvalue weighted by atomic mass is 10.1. The number of hydrogen-bond donors (Lipinski definition) is 1. The maximum absolute atomic E-state index is 13.3. The van der Waals surface area contributed by atoms with Gasteiger partial charge in [-0.15, -0.1) is 0 Å². The number of carbonyl (C=O) groups is 2. The van der Waals surface area contributed by atoms with Crippen molar-refractivity contribution >= 4 is 27.5 Å².